The molecule has 22 heavy (non-hydrogen) atoms. The third kappa shape index (κ3) is 3.91. The molecule has 1 heterocycles. The first-order chi connectivity index (χ1) is 10.5. The molecule has 4 nitrogen and oxygen atoms in total. The van der Waals surface area contributed by atoms with E-state index in [9.17, 15) is 4.79 Å². The molecule has 0 spiro atoms. The van der Waals surface area contributed by atoms with Crippen LogP contribution >= 0.6 is 11.8 Å². The summed E-state index contributed by atoms with van der Waals surface area (Å²) in [5.74, 6) is 1.17. The van der Waals surface area contributed by atoms with Crippen molar-refractivity contribution in [3.8, 4) is 5.75 Å². The minimum absolute atomic E-state index is 0.0407. The van der Waals surface area contributed by atoms with Crippen molar-refractivity contribution in [2.75, 3.05) is 12.9 Å². The maximum absolute atomic E-state index is 11.9. The van der Waals surface area contributed by atoms with Crippen LogP contribution in [0.25, 0.3) is 10.9 Å². The van der Waals surface area contributed by atoms with Crippen molar-refractivity contribution in [3.05, 3.63) is 29.8 Å². The van der Waals surface area contributed by atoms with E-state index in [-0.39, 0.29) is 11.9 Å². The Bertz CT molecular complexity index is 673. The first-order valence-corrected chi connectivity index (χ1v) is 8.40. The second-order valence-corrected chi connectivity index (χ2v) is 6.29. The van der Waals surface area contributed by atoms with Crippen molar-refractivity contribution in [1.29, 1.82) is 0 Å². The fourth-order valence-electron chi connectivity index (χ4n) is 2.16. The number of fused-ring (bicyclic) bond motifs is 1. The summed E-state index contributed by atoms with van der Waals surface area (Å²) >= 11 is 1.45. The molecule has 0 aliphatic carbocycles. The Balaban J connectivity index is 2.17. The summed E-state index contributed by atoms with van der Waals surface area (Å²) in [4.78, 5) is 16.5. The van der Waals surface area contributed by atoms with Gasteiger partial charge in [0.05, 0.1) is 17.9 Å². The normalized spacial score (nSPS) is 12.2. The van der Waals surface area contributed by atoms with E-state index < -0.39 is 0 Å². The largest absolute Gasteiger partial charge is 0.494 e. The Labute approximate surface area is 135 Å². The van der Waals surface area contributed by atoms with Gasteiger partial charge in [0, 0.05) is 11.4 Å². The minimum Gasteiger partial charge on any atom is -0.494 e. The van der Waals surface area contributed by atoms with Crippen LogP contribution in [0.4, 0.5) is 0 Å². The van der Waals surface area contributed by atoms with Gasteiger partial charge in [0.2, 0.25) is 5.91 Å². The molecule has 1 aromatic heterocycles. The van der Waals surface area contributed by atoms with Crippen molar-refractivity contribution in [1.82, 2.24) is 10.3 Å². The molecule has 1 atom stereocenters. The summed E-state index contributed by atoms with van der Waals surface area (Å²) in [7, 11) is 1.64. The number of aromatic nitrogens is 1. The molecule has 0 fully saturated rings. The van der Waals surface area contributed by atoms with Gasteiger partial charge in [-0.1, -0.05) is 30.8 Å². The number of amides is 1. The molecule has 0 bridgehead atoms. The first kappa shape index (κ1) is 16.6. The number of nitrogens with zero attached hydrogens (tertiary/aromatic N) is 1. The van der Waals surface area contributed by atoms with E-state index in [0.717, 1.165) is 33.7 Å². The third-order valence-electron chi connectivity index (χ3n) is 3.58. The molecule has 0 radical (unpaired) electrons. The van der Waals surface area contributed by atoms with Crippen molar-refractivity contribution in [3.63, 3.8) is 0 Å². The number of methoxy groups -OCH3 is 1. The SMILES string of the molecule is CC[C@@H](C)NC(=O)CSc1cc(C)c2cccc(OC)c2n1. The Morgan fingerprint density at radius 3 is 2.91 bits per heavy atom. The van der Waals surface area contributed by atoms with Crippen LogP contribution in [-0.2, 0) is 4.79 Å². The Kier molecular flexibility index (Phi) is 5.66. The van der Waals surface area contributed by atoms with Crippen molar-refractivity contribution in [2.45, 2.75) is 38.3 Å². The van der Waals surface area contributed by atoms with E-state index in [1.807, 2.05) is 38.1 Å². The molecule has 0 aliphatic heterocycles. The fraction of sp³-hybridized carbons (Fsp3) is 0.412. The highest BCUT2D eigenvalue weighted by molar-refractivity contribution is 7.99. The summed E-state index contributed by atoms with van der Waals surface area (Å²) in [6, 6.07) is 8.12. The van der Waals surface area contributed by atoms with Gasteiger partial charge in [-0.05, 0) is 38.0 Å². The highest BCUT2D eigenvalue weighted by Gasteiger charge is 2.10. The van der Waals surface area contributed by atoms with E-state index in [1.165, 1.54) is 11.8 Å². The molecule has 0 saturated heterocycles. The number of aryl methyl sites for hydroxylation is 1. The Hall–Kier alpha value is -1.75. The van der Waals surface area contributed by atoms with Crippen LogP contribution in [0.2, 0.25) is 0 Å². The Morgan fingerprint density at radius 1 is 1.45 bits per heavy atom. The molecule has 0 saturated carbocycles. The first-order valence-electron chi connectivity index (χ1n) is 7.41. The number of hydrogen-bond acceptors (Lipinski definition) is 4. The molecule has 0 aliphatic rings. The van der Waals surface area contributed by atoms with Crippen molar-refractivity contribution >= 4 is 28.6 Å². The number of carbonyl (C=O) groups excluding carboxylic acids is 1. The smallest absolute Gasteiger partial charge is 0.230 e. The summed E-state index contributed by atoms with van der Waals surface area (Å²) in [5, 5.41) is 4.88. The van der Waals surface area contributed by atoms with Gasteiger partial charge in [-0.2, -0.15) is 0 Å². The number of ether oxygens (including phenoxy) is 1. The van der Waals surface area contributed by atoms with Gasteiger partial charge in [-0.3, -0.25) is 4.79 Å². The van der Waals surface area contributed by atoms with Crippen molar-refractivity contribution < 1.29 is 9.53 Å². The molecule has 1 N–H and O–H groups in total. The summed E-state index contributed by atoms with van der Waals surface area (Å²) in [5.41, 5.74) is 1.98. The highest BCUT2D eigenvalue weighted by atomic mass is 32.2. The van der Waals surface area contributed by atoms with E-state index in [4.69, 9.17) is 4.74 Å². The number of pyridine rings is 1. The molecule has 2 rings (SSSR count). The topological polar surface area (TPSA) is 51.2 Å². The van der Waals surface area contributed by atoms with Crippen LogP contribution < -0.4 is 10.1 Å². The second kappa shape index (κ2) is 7.49. The summed E-state index contributed by atoms with van der Waals surface area (Å²) in [6.45, 7) is 6.11. The molecule has 2 aromatic rings. The van der Waals surface area contributed by atoms with Gasteiger partial charge in [0.15, 0.2) is 0 Å². The maximum Gasteiger partial charge on any atom is 0.230 e. The number of rotatable bonds is 6. The molecule has 1 aromatic carbocycles. The van der Waals surface area contributed by atoms with Crippen LogP contribution in [0, 0.1) is 6.92 Å². The lowest BCUT2D eigenvalue weighted by Gasteiger charge is -2.12. The molecular formula is C17H22N2O2S. The maximum atomic E-state index is 11.9. The predicted molar refractivity (Wildman–Crippen MR) is 91.7 cm³/mol. The fourth-order valence-corrected chi connectivity index (χ4v) is 2.94. The lowest BCUT2D eigenvalue weighted by atomic mass is 10.1. The predicted octanol–water partition coefficient (Wildman–Crippen LogP) is 3.56. The lowest BCUT2D eigenvalue weighted by molar-refractivity contribution is -0.119. The highest BCUT2D eigenvalue weighted by Crippen LogP contribution is 2.29. The van der Waals surface area contributed by atoms with Crippen LogP contribution in [0.3, 0.4) is 0 Å². The molecule has 5 heteroatoms. The van der Waals surface area contributed by atoms with E-state index in [1.54, 1.807) is 7.11 Å². The van der Waals surface area contributed by atoms with E-state index in [0.29, 0.717) is 5.75 Å². The van der Waals surface area contributed by atoms with Gasteiger partial charge < -0.3 is 10.1 Å². The van der Waals surface area contributed by atoms with Gasteiger partial charge in [0.1, 0.15) is 11.3 Å². The molecule has 0 unspecified atom stereocenters. The number of para-hydroxylation sites is 1. The zero-order chi connectivity index (χ0) is 16.1. The minimum atomic E-state index is 0.0407. The average Bonchev–Trinajstić information content (AvgIpc) is 2.52. The number of thioether (sulfide) groups is 1. The van der Waals surface area contributed by atoms with Gasteiger partial charge in [0.25, 0.3) is 0 Å². The van der Waals surface area contributed by atoms with E-state index in [2.05, 4.69) is 17.2 Å². The van der Waals surface area contributed by atoms with Crippen molar-refractivity contribution in [2.24, 2.45) is 0 Å². The number of benzene rings is 1. The summed E-state index contributed by atoms with van der Waals surface area (Å²) in [6.07, 6.45) is 0.931. The van der Waals surface area contributed by atoms with Crippen LogP contribution in [-0.4, -0.2) is 29.8 Å². The second-order valence-electron chi connectivity index (χ2n) is 5.30. The average molecular weight is 318 g/mol. The van der Waals surface area contributed by atoms with Crippen LogP contribution in [0.15, 0.2) is 29.3 Å². The van der Waals surface area contributed by atoms with Gasteiger partial charge in [-0.25, -0.2) is 4.98 Å². The number of nitrogens with one attached hydrogen (secondary N) is 1. The lowest BCUT2D eigenvalue weighted by Crippen LogP contribution is -2.33. The number of carbonyl (C=O) groups is 1. The quantitative estimate of drug-likeness (QED) is 0.828. The van der Waals surface area contributed by atoms with Gasteiger partial charge >= 0.3 is 0 Å². The summed E-state index contributed by atoms with van der Waals surface area (Å²) < 4.78 is 5.38. The standard InChI is InChI=1S/C17H22N2O2S/c1-5-12(3)18-15(20)10-22-16-9-11(2)13-7-6-8-14(21-4)17(13)19-16/h6-9,12H,5,10H2,1-4H3,(H,18,20)/t12-/m1/s1. The number of hydrogen-bond donors (Lipinski definition) is 1. The van der Waals surface area contributed by atoms with Crippen LogP contribution in [0.1, 0.15) is 25.8 Å². The van der Waals surface area contributed by atoms with E-state index >= 15 is 0 Å². The molecule has 118 valence electrons. The molecule has 1 amide bonds. The monoisotopic (exact) mass is 318 g/mol. The Morgan fingerprint density at radius 2 is 2.23 bits per heavy atom. The van der Waals surface area contributed by atoms with Gasteiger partial charge in [-0.15, -0.1) is 0 Å². The zero-order valence-corrected chi connectivity index (χ0v) is 14.3. The zero-order valence-electron chi connectivity index (χ0n) is 13.5. The van der Waals surface area contributed by atoms with Crippen LogP contribution in [0.5, 0.6) is 5.75 Å². The third-order valence-corrected chi connectivity index (χ3v) is 4.49. The molecular weight excluding hydrogens is 296 g/mol.